The molecular formula is C14H15Cl2NO2S2. The maximum absolute atomic E-state index is 12.8. The molecule has 114 valence electrons. The van der Waals surface area contributed by atoms with Gasteiger partial charge in [-0.3, -0.25) is 0 Å². The molecule has 0 radical (unpaired) electrons. The van der Waals surface area contributed by atoms with E-state index >= 15 is 0 Å². The molecule has 0 spiro atoms. The Kier molecular flexibility index (Phi) is 5.33. The molecule has 2 aromatic rings. The number of benzene rings is 1. The fraction of sp³-hybridized carbons (Fsp3) is 0.286. The average Bonchev–Trinajstić information content (AvgIpc) is 2.76. The molecule has 0 fully saturated rings. The summed E-state index contributed by atoms with van der Waals surface area (Å²) in [7, 11) is -3.68. The van der Waals surface area contributed by atoms with Gasteiger partial charge in [0.1, 0.15) is 9.23 Å². The number of thiophene rings is 1. The van der Waals surface area contributed by atoms with Crippen molar-refractivity contribution < 1.29 is 8.42 Å². The molecule has 21 heavy (non-hydrogen) atoms. The molecule has 0 bridgehead atoms. The number of sulfonamides is 1. The van der Waals surface area contributed by atoms with Gasteiger partial charge < -0.3 is 0 Å². The quantitative estimate of drug-likeness (QED) is 0.774. The molecule has 1 aromatic heterocycles. The Morgan fingerprint density at radius 3 is 2.29 bits per heavy atom. The largest absolute Gasteiger partial charge is 0.246 e. The van der Waals surface area contributed by atoms with E-state index in [9.17, 15) is 8.42 Å². The van der Waals surface area contributed by atoms with Crippen molar-refractivity contribution in [1.82, 2.24) is 4.31 Å². The first-order valence-corrected chi connectivity index (χ1v) is 9.34. The molecule has 1 heterocycles. The number of nitrogens with zero attached hydrogens (tertiary/aromatic N) is 1. The van der Waals surface area contributed by atoms with E-state index in [-0.39, 0.29) is 15.3 Å². The van der Waals surface area contributed by atoms with Crippen LogP contribution < -0.4 is 0 Å². The van der Waals surface area contributed by atoms with Gasteiger partial charge in [-0.1, -0.05) is 53.5 Å². The topological polar surface area (TPSA) is 37.4 Å². The molecule has 0 aliphatic rings. The van der Waals surface area contributed by atoms with Crippen molar-refractivity contribution in [2.24, 2.45) is 0 Å². The van der Waals surface area contributed by atoms with E-state index in [4.69, 9.17) is 23.2 Å². The zero-order valence-electron chi connectivity index (χ0n) is 11.6. The SMILES string of the molecule is CC(C)N(Cc1ccccc1)S(=O)(=O)c1cc(Cl)sc1Cl. The molecule has 0 aliphatic heterocycles. The van der Waals surface area contributed by atoms with Crippen LogP contribution in [0.4, 0.5) is 0 Å². The highest BCUT2D eigenvalue weighted by molar-refractivity contribution is 7.89. The lowest BCUT2D eigenvalue weighted by atomic mass is 10.2. The van der Waals surface area contributed by atoms with Crippen molar-refractivity contribution in [3.63, 3.8) is 0 Å². The average molecular weight is 364 g/mol. The van der Waals surface area contributed by atoms with Crippen LogP contribution in [0, 0.1) is 0 Å². The maximum atomic E-state index is 12.8. The van der Waals surface area contributed by atoms with E-state index < -0.39 is 10.0 Å². The molecule has 0 saturated carbocycles. The highest BCUT2D eigenvalue weighted by Gasteiger charge is 2.30. The van der Waals surface area contributed by atoms with Crippen LogP contribution in [0.1, 0.15) is 19.4 Å². The predicted molar refractivity (Wildman–Crippen MR) is 88.6 cm³/mol. The second-order valence-corrected chi connectivity index (χ2v) is 8.96. The van der Waals surface area contributed by atoms with E-state index in [1.54, 1.807) is 0 Å². The molecule has 0 aliphatic carbocycles. The third kappa shape index (κ3) is 3.79. The molecule has 0 unspecified atom stereocenters. The Labute approximate surface area is 139 Å². The van der Waals surface area contributed by atoms with Gasteiger partial charge in [0.05, 0.1) is 4.34 Å². The highest BCUT2D eigenvalue weighted by Crippen LogP contribution is 2.36. The zero-order valence-corrected chi connectivity index (χ0v) is 14.7. The lowest BCUT2D eigenvalue weighted by Crippen LogP contribution is -2.36. The molecule has 0 saturated heterocycles. The molecule has 2 rings (SSSR count). The molecule has 0 N–H and O–H groups in total. The van der Waals surface area contributed by atoms with Gasteiger partial charge in [-0.2, -0.15) is 4.31 Å². The smallest absolute Gasteiger partial charge is 0.207 e. The van der Waals surface area contributed by atoms with Gasteiger partial charge in [-0.15, -0.1) is 11.3 Å². The van der Waals surface area contributed by atoms with Crippen molar-refractivity contribution in [3.05, 3.63) is 50.6 Å². The summed E-state index contributed by atoms with van der Waals surface area (Å²) in [5.41, 5.74) is 0.923. The molecular weight excluding hydrogens is 349 g/mol. The van der Waals surface area contributed by atoms with Crippen LogP contribution in [0.25, 0.3) is 0 Å². The molecule has 7 heteroatoms. The summed E-state index contributed by atoms with van der Waals surface area (Å²) in [4.78, 5) is 0.0730. The first-order chi connectivity index (χ1) is 9.82. The van der Waals surface area contributed by atoms with E-state index in [1.807, 2.05) is 44.2 Å². The summed E-state index contributed by atoms with van der Waals surface area (Å²) in [6, 6.07) is 10.7. The lowest BCUT2D eigenvalue weighted by molar-refractivity contribution is 0.348. The minimum absolute atomic E-state index is 0.0730. The minimum atomic E-state index is -3.68. The van der Waals surface area contributed by atoms with Crippen molar-refractivity contribution in [3.8, 4) is 0 Å². The Morgan fingerprint density at radius 2 is 1.81 bits per heavy atom. The third-order valence-electron chi connectivity index (χ3n) is 2.97. The van der Waals surface area contributed by atoms with Gasteiger partial charge in [0.15, 0.2) is 0 Å². The third-order valence-corrected chi connectivity index (χ3v) is 6.74. The summed E-state index contributed by atoms with van der Waals surface area (Å²) >= 11 is 12.9. The molecule has 0 atom stereocenters. The summed E-state index contributed by atoms with van der Waals surface area (Å²) in [6.45, 7) is 3.97. The van der Waals surface area contributed by atoms with Crippen LogP contribution in [-0.2, 0) is 16.6 Å². The van der Waals surface area contributed by atoms with Crippen LogP contribution >= 0.6 is 34.5 Å². The summed E-state index contributed by atoms with van der Waals surface area (Å²) in [5.74, 6) is 0. The van der Waals surface area contributed by atoms with Crippen LogP contribution in [0.2, 0.25) is 8.67 Å². The number of hydrogen-bond acceptors (Lipinski definition) is 3. The van der Waals surface area contributed by atoms with Crippen LogP contribution in [0.3, 0.4) is 0 Å². The van der Waals surface area contributed by atoms with E-state index in [2.05, 4.69) is 0 Å². The van der Waals surface area contributed by atoms with E-state index in [0.717, 1.165) is 16.9 Å². The fourth-order valence-electron chi connectivity index (χ4n) is 1.94. The summed E-state index contributed by atoms with van der Waals surface area (Å²) in [6.07, 6.45) is 0. The van der Waals surface area contributed by atoms with Crippen molar-refractivity contribution in [1.29, 1.82) is 0 Å². The van der Waals surface area contributed by atoms with Gasteiger partial charge in [0.25, 0.3) is 0 Å². The van der Waals surface area contributed by atoms with Crippen LogP contribution in [0.15, 0.2) is 41.3 Å². The standard InChI is InChI=1S/C14H15Cl2NO2S2/c1-10(2)17(9-11-6-4-3-5-7-11)21(18,19)12-8-13(15)20-14(12)16/h3-8,10H,9H2,1-2H3. The second kappa shape index (κ2) is 6.67. The summed E-state index contributed by atoms with van der Waals surface area (Å²) < 4.78 is 27.6. The molecule has 0 amide bonds. The van der Waals surface area contributed by atoms with Crippen molar-refractivity contribution in [2.75, 3.05) is 0 Å². The predicted octanol–water partition coefficient (Wildman–Crippen LogP) is 4.65. The van der Waals surface area contributed by atoms with E-state index in [1.165, 1.54) is 10.4 Å². The first kappa shape index (κ1) is 16.8. The second-order valence-electron chi connectivity index (χ2n) is 4.82. The Bertz CT molecular complexity index is 712. The van der Waals surface area contributed by atoms with E-state index in [0.29, 0.717) is 10.9 Å². The molecule has 3 nitrogen and oxygen atoms in total. The van der Waals surface area contributed by atoms with Crippen LogP contribution in [-0.4, -0.2) is 18.8 Å². The van der Waals surface area contributed by atoms with Gasteiger partial charge in [-0.25, -0.2) is 8.42 Å². The van der Waals surface area contributed by atoms with Crippen LogP contribution in [0.5, 0.6) is 0 Å². The van der Waals surface area contributed by atoms with Crippen molar-refractivity contribution >= 4 is 44.6 Å². The number of hydrogen-bond donors (Lipinski definition) is 0. The van der Waals surface area contributed by atoms with Gasteiger partial charge in [0, 0.05) is 12.6 Å². The molecule has 1 aromatic carbocycles. The first-order valence-electron chi connectivity index (χ1n) is 6.33. The highest BCUT2D eigenvalue weighted by atomic mass is 35.5. The lowest BCUT2D eigenvalue weighted by Gasteiger charge is -2.25. The van der Waals surface area contributed by atoms with Gasteiger partial charge in [-0.05, 0) is 25.5 Å². The Morgan fingerprint density at radius 1 is 1.19 bits per heavy atom. The maximum Gasteiger partial charge on any atom is 0.246 e. The fourth-order valence-corrected chi connectivity index (χ4v) is 5.68. The Balaban J connectivity index is 2.40. The van der Waals surface area contributed by atoms with Gasteiger partial charge in [0.2, 0.25) is 10.0 Å². The number of rotatable bonds is 5. The Hall–Kier alpha value is -0.590. The van der Waals surface area contributed by atoms with Crippen molar-refractivity contribution in [2.45, 2.75) is 31.3 Å². The number of halogens is 2. The summed E-state index contributed by atoms with van der Waals surface area (Å²) in [5, 5.41) is 0. The monoisotopic (exact) mass is 363 g/mol. The zero-order chi connectivity index (χ0) is 15.6. The minimum Gasteiger partial charge on any atom is -0.207 e. The normalized spacial score (nSPS) is 12.3. The van der Waals surface area contributed by atoms with Gasteiger partial charge >= 0.3 is 0 Å².